The van der Waals surface area contributed by atoms with Gasteiger partial charge in [-0.05, 0) is 116 Å². The van der Waals surface area contributed by atoms with Crippen LogP contribution in [-0.4, -0.2) is 92.2 Å². The van der Waals surface area contributed by atoms with Crippen LogP contribution in [0.5, 0.6) is 5.75 Å². The van der Waals surface area contributed by atoms with E-state index in [9.17, 15) is 22.8 Å². The second kappa shape index (κ2) is 18.5. The minimum absolute atomic E-state index is 0.0864. The summed E-state index contributed by atoms with van der Waals surface area (Å²) in [6.07, 6.45) is 9.98. The SMILES string of the molecule is CCC(C)(C)C.CCc1cc2c(cc1OC(=O)N1CCC(N3CCOCC3)CC1)CCC1C2CCC2(C)C(=O)CCC12.[B]C(F)(CCCS)C(C)(F)F. The summed E-state index contributed by atoms with van der Waals surface area (Å²) in [4.78, 5) is 30.2. The molecule has 0 N–H and O–H groups in total. The van der Waals surface area contributed by atoms with Crippen LogP contribution >= 0.6 is 12.6 Å². The van der Waals surface area contributed by atoms with Crippen molar-refractivity contribution in [3.63, 3.8) is 0 Å². The molecule has 2 aliphatic heterocycles. The van der Waals surface area contributed by atoms with Gasteiger partial charge < -0.3 is 14.4 Å². The number of thiol groups is 1. The molecule has 6 rings (SSSR count). The number of ketones is 1. The number of carbonyl (C=O) groups is 2. The molecular weight excluding hydrogens is 696 g/mol. The highest BCUT2D eigenvalue weighted by atomic mass is 32.1. The van der Waals surface area contributed by atoms with Crippen LogP contribution in [0.4, 0.5) is 18.0 Å². The Morgan fingerprint density at radius 2 is 1.64 bits per heavy atom. The van der Waals surface area contributed by atoms with E-state index in [1.807, 2.05) is 4.90 Å². The summed E-state index contributed by atoms with van der Waals surface area (Å²) >= 11 is 3.76. The highest BCUT2D eigenvalue weighted by molar-refractivity contribution is 7.80. The van der Waals surface area contributed by atoms with Crippen LogP contribution in [0.15, 0.2) is 12.1 Å². The average molecular weight is 763 g/mol. The molecule has 4 fully saturated rings. The van der Waals surface area contributed by atoms with E-state index in [1.54, 1.807) is 0 Å². The van der Waals surface area contributed by atoms with E-state index in [1.165, 1.54) is 17.5 Å². The highest BCUT2D eigenvalue weighted by Gasteiger charge is 2.54. The van der Waals surface area contributed by atoms with Crippen LogP contribution in [0.2, 0.25) is 0 Å². The lowest BCUT2D eigenvalue weighted by molar-refractivity contribution is -0.129. The van der Waals surface area contributed by atoms with E-state index in [0.29, 0.717) is 47.7 Å². The normalized spacial score (nSPS) is 27.6. The smallest absolute Gasteiger partial charge is 0.410 e. The van der Waals surface area contributed by atoms with Crippen molar-refractivity contribution in [2.24, 2.45) is 22.7 Å². The van der Waals surface area contributed by atoms with Crippen molar-refractivity contribution in [1.29, 1.82) is 0 Å². The topological polar surface area (TPSA) is 59.1 Å². The predicted octanol–water partition coefficient (Wildman–Crippen LogP) is 9.60. The molecule has 5 aliphatic rings. The number of benzene rings is 1. The van der Waals surface area contributed by atoms with Gasteiger partial charge in [-0.1, -0.05) is 54.0 Å². The van der Waals surface area contributed by atoms with Gasteiger partial charge in [-0.3, -0.25) is 9.69 Å². The standard InChI is InChI=1S/C30H42N2O4.C6H10BF3S.C6H14/c1-3-20-18-25-21(4-5-24-23(25)8-11-30(2)26(24)6-7-28(30)33)19-27(20)36-29(34)32-12-9-22(10-13-32)31-14-16-35-17-15-31;1-5(8,9)6(7,10)3-2-4-11;1-5-6(2,3)4/h18-19,22-24,26H,3-17H2,1-2H3;11H,2-4H2,1H3;5H2,1-4H3. The number of hydrogen-bond acceptors (Lipinski definition) is 6. The first-order chi connectivity index (χ1) is 24.8. The Labute approximate surface area is 324 Å². The Morgan fingerprint density at radius 3 is 2.21 bits per heavy atom. The van der Waals surface area contributed by atoms with E-state index < -0.39 is 11.5 Å². The number of morpholine rings is 1. The first-order valence-corrected chi connectivity index (χ1v) is 20.9. The lowest BCUT2D eigenvalue weighted by Gasteiger charge is -2.48. The molecule has 2 radical (unpaired) electrons. The van der Waals surface area contributed by atoms with E-state index in [2.05, 4.69) is 71.2 Å². The number of piperidine rings is 1. The van der Waals surface area contributed by atoms with Gasteiger partial charge in [0.05, 0.1) is 13.2 Å². The molecule has 1 aromatic rings. The second-order valence-corrected chi connectivity index (χ2v) is 18.0. The number of Topliss-reactive ketones (excluding diaryl/α,β-unsaturated/α-hetero) is 1. The van der Waals surface area contributed by atoms with Gasteiger partial charge in [0.1, 0.15) is 24.9 Å². The summed E-state index contributed by atoms with van der Waals surface area (Å²) in [5.74, 6) is -0.149. The fourth-order valence-corrected chi connectivity index (χ4v) is 9.02. The Balaban J connectivity index is 0.000000309. The maximum Gasteiger partial charge on any atom is 0.415 e. The van der Waals surface area contributed by atoms with Crippen molar-refractivity contribution in [3.05, 3.63) is 28.8 Å². The van der Waals surface area contributed by atoms with E-state index in [-0.39, 0.29) is 24.3 Å². The largest absolute Gasteiger partial charge is 0.415 e. The number of hydrogen-bond donors (Lipinski definition) is 1. The molecular formula is C42H66BF3N2O4S. The summed E-state index contributed by atoms with van der Waals surface area (Å²) in [7, 11) is 4.73. The summed E-state index contributed by atoms with van der Waals surface area (Å²) in [6, 6.07) is 5.07. The third-order valence-corrected chi connectivity index (χ3v) is 13.3. The number of halogens is 3. The summed E-state index contributed by atoms with van der Waals surface area (Å²) in [5.41, 5.74) is 1.53. The molecule has 53 heavy (non-hydrogen) atoms. The summed E-state index contributed by atoms with van der Waals surface area (Å²) in [5, 5.41) is 0. The van der Waals surface area contributed by atoms with Gasteiger partial charge in [-0.15, -0.1) is 0 Å². The zero-order chi connectivity index (χ0) is 39.2. The Kier molecular flexibility index (Phi) is 15.3. The van der Waals surface area contributed by atoms with Crippen molar-refractivity contribution >= 4 is 32.4 Å². The number of rotatable bonds is 7. The quantitative estimate of drug-likeness (QED) is 0.222. The lowest BCUT2D eigenvalue weighted by Crippen LogP contribution is -2.50. The number of fused-ring (bicyclic) bond motifs is 5. The molecule has 11 heteroatoms. The third kappa shape index (κ3) is 11.0. The van der Waals surface area contributed by atoms with Crippen molar-refractivity contribution < 1.29 is 32.2 Å². The zero-order valence-corrected chi connectivity index (χ0v) is 34.5. The van der Waals surface area contributed by atoms with E-state index >= 15 is 0 Å². The predicted molar refractivity (Wildman–Crippen MR) is 212 cm³/mol. The molecule has 0 bridgehead atoms. The van der Waals surface area contributed by atoms with Crippen LogP contribution in [0.3, 0.4) is 0 Å². The Morgan fingerprint density at radius 1 is 1.00 bits per heavy atom. The minimum atomic E-state index is -3.48. The van der Waals surface area contributed by atoms with Crippen molar-refractivity contribution in [3.8, 4) is 5.75 Å². The fraction of sp³-hybridized carbons (Fsp3) is 0.810. The molecule has 1 aromatic carbocycles. The number of nitrogens with zero attached hydrogens (tertiary/aromatic N) is 2. The van der Waals surface area contributed by atoms with Crippen LogP contribution in [0.25, 0.3) is 0 Å². The molecule has 0 aromatic heterocycles. The number of likely N-dealkylation sites (tertiary alicyclic amines) is 1. The molecule has 6 nitrogen and oxygen atoms in total. The van der Waals surface area contributed by atoms with Crippen LogP contribution < -0.4 is 4.74 Å². The van der Waals surface area contributed by atoms with Crippen LogP contribution in [0, 0.1) is 22.7 Å². The van der Waals surface area contributed by atoms with Crippen molar-refractivity contribution in [1.82, 2.24) is 9.80 Å². The van der Waals surface area contributed by atoms with Crippen molar-refractivity contribution in [2.45, 2.75) is 149 Å². The van der Waals surface area contributed by atoms with E-state index in [0.717, 1.165) is 108 Å². The lowest BCUT2D eigenvalue weighted by atomic mass is 9.55. The molecule has 5 unspecified atom stereocenters. The molecule has 2 saturated heterocycles. The van der Waals surface area contributed by atoms with Gasteiger partial charge in [-0.25, -0.2) is 18.0 Å². The number of alkyl halides is 3. The minimum Gasteiger partial charge on any atom is -0.410 e. The Hall–Kier alpha value is -1.72. The summed E-state index contributed by atoms with van der Waals surface area (Å²) in [6.45, 7) is 19.0. The number of amides is 1. The molecule has 3 aliphatic carbocycles. The first-order valence-electron chi connectivity index (χ1n) is 20.3. The van der Waals surface area contributed by atoms with Gasteiger partial charge in [-0.2, -0.15) is 12.6 Å². The molecule has 2 heterocycles. The fourth-order valence-electron chi connectivity index (χ4n) is 8.86. The first kappa shape index (κ1) is 44.0. The molecule has 1 amide bonds. The Bertz CT molecular complexity index is 1370. The number of aryl methyl sites for hydroxylation is 2. The second-order valence-electron chi connectivity index (χ2n) is 17.6. The maximum absolute atomic E-state index is 13.1. The average Bonchev–Trinajstić information content (AvgIpc) is 3.44. The molecule has 0 spiro atoms. The highest BCUT2D eigenvalue weighted by Crippen LogP contribution is 2.59. The van der Waals surface area contributed by atoms with Crippen LogP contribution in [0.1, 0.15) is 135 Å². The monoisotopic (exact) mass is 762 g/mol. The molecule has 5 atom stereocenters. The zero-order valence-electron chi connectivity index (χ0n) is 33.6. The number of ether oxygens (including phenoxy) is 2. The van der Waals surface area contributed by atoms with Gasteiger partial charge in [0.15, 0.2) is 0 Å². The van der Waals surface area contributed by atoms with Gasteiger partial charge in [0.2, 0.25) is 0 Å². The van der Waals surface area contributed by atoms with E-state index in [4.69, 9.17) is 17.3 Å². The van der Waals surface area contributed by atoms with Crippen molar-refractivity contribution in [2.75, 3.05) is 45.1 Å². The molecule has 2 saturated carbocycles. The maximum atomic E-state index is 13.1. The number of carbonyl (C=O) groups excluding carboxylic acids is 2. The third-order valence-electron chi connectivity index (χ3n) is 13.0. The summed E-state index contributed by atoms with van der Waals surface area (Å²) < 4.78 is 48.9. The van der Waals surface area contributed by atoms with Gasteiger partial charge >= 0.3 is 6.09 Å². The van der Waals surface area contributed by atoms with Gasteiger partial charge in [0.25, 0.3) is 5.92 Å². The van der Waals surface area contributed by atoms with Crippen LogP contribution in [-0.2, 0) is 22.4 Å². The molecule has 298 valence electrons. The van der Waals surface area contributed by atoms with Gasteiger partial charge in [0, 0.05) is 51.0 Å².